The van der Waals surface area contributed by atoms with Gasteiger partial charge in [-0.05, 0) is 31.4 Å². The Kier molecular flexibility index (Phi) is 3.11. The van der Waals surface area contributed by atoms with Crippen molar-refractivity contribution in [2.75, 3.05) is 26.3 Å². The van der Waals surface area contributed by atoms with Gasteiger partial charge in [-0.3, -0.25) is 9.78 Å². The van der Waals surface area contributed by atoms with E-state index in [-0.39, 0.29) is 17.4 Å². The minimum absolute atomic E-state index is 0.228. The largest absolute Gasteiger partial charge is 0.492 e. The number of carbonyl (C=O) groups is 1. The van der Waals surface area contributed by atoms with Crippen LogP contribution in [0.2, 0.25) is 0 Å². The molecule has 2 saturated heterocycles. The average molecular weight is 306 g/mol. The van der Waals surface area contributed by atoms with Crippen molar-refractivity contribution in [3.63, 3.8) is 0 Å². The summed E-state index contributed by atoms with van der Waals surface area (Å²) in [6.45, 7) is 2.18. The molecule has 1 aliphatic carbocycles. The molecule has 1 aromatic heterocycles. The fourth-order valence-corrected chi connectivity index (χ4v) is 3.35. The number of amides is 1. The van der Waals surface area contributed by atoms with Crippen molar-refractivity contribution < 1.29 is 18.7 Å². The molecule has 3 aliphatic rings. The summed E-state index contributed by atoms with van der Waals surface area (Å²) in [6, 6.07) is 3.70. The predicted molar refractivity (Wildman–Crippen MR) is 76.2 cm³/mol. The summed E-state index contributed by atoms with van der Waals surface area (Å²) in [6.07, 6.45) is 5.02. The minimum atomic E-state index is -1.58. The lowest BCUT2D eigenvalue weighted by molar-refractivity contribution is -0.172. The highest BCUT2D eigenvalue weighted by molar-refractivity contribution is 5.88. The van der Waals surface area contributed by atoms with E-state index >= 15 is 0 Å². The van der Waals surface area contributed by atoms with Crippen LogP contribution >= 0.6 is 0 Å². The molecule has 1 amide bonds. The quantitative estimate of drug-likeness (QED) is 0.847. The molecule has 3 fully saturated rings. The van der Waals surface area contributed by atoms with Gasteiger partial charge in [0.25, 0.3) is 5.91 Å². The van der Waals surface area contributed by atoms with Gasteiger partial charge in [0.15, 0.2) is 5.67 Å². The van der Waals surface area contributed by atoms with Crippen LogP contribution in [0.1, 0.15) is 19.3 Å². The monoisotopic (exact) mass is 306 g/mol. The lowest BCUT2D eigenvalue weighted by atomic mass is 9.81. The number of aromatic nitrogens is 1. The lowest BCUT2D eigenvalue weighted by Crippen LogP contribution is -2.68. The summed E-state index contributed by atoms with van der Waals surface area (Å²) in [7, 11) is 0. The van der Waals surface area contributed by atoms with Gasteiger partial charge in [0.1, 0.15) is 11.4 Å². The van der Waals surface area contributed by atoms with E-state index in [9.17, 15) is 9.18 Å². The molecule has 22 heavy (non-hydrogen) atoms. The Morgan fingerprint density at radius 3 is 3.00 bits per heavy atom. The van der Waals surface area contributed by atoms with Gasteiger partial charge in [0, 0.05) is 18.7 Å². The van der Waals surface area contributed by atoms with Crippen LogP contribution in [-0.4, -0.2) is 53.4 Å². The van der Waals surface area contributed by atoms with Crippen LogP contribution in [0.5, 0.6) is 5.75 Å². The number of alkyl halides is 1. The summed E-state index contributed by atoms with van der Waals surface area (Å²) in [4.78, 5) is 17.6. The van der Waals surface area contributed by atoms with E-state index in [0.717, 1.165) is 12.2 Å². The number of likely N-dealkylation sites (tertiary alicyclic amines) is 1. The van der Waals surface area contributed by atoms with Crippen molar-refractivity contribution in [2.24, 2.45) is 5.92 Å². The summed E-state index contributed by atoms with van der Waals surface area (Å²) < 4.78 is 25.5. The summed E-state index contributed by atoms with van der Waals surface area (Å²) in [5.41, 5.74) is -1.93. The van der Waals surface area contributed by atoms with Crippen molar-refractivity contribution >= 4 is 5.91 Å². The van der Waals surface area contributed by atoms with Gasteiger partial charge >= 0.3 is 0 Å². The van der Waals surface area contributed by atoms with Gasteiger partial charge in [-0.15, -0.1) is 0 Å². The molecule has 4 rings (SSSR count). The molecule has 1 aromatic rings. The molecular formula is C16H19FN2O3. The molecule has 2 aliphatic heterocycles. The molecule has 1 spiro atoms. The van der Waals surface area contributed by atoms with Crippen molar-refractivity contribution in [2.45, 2.75) is 30.5 Å². The summed E-state index contributed by atoms with van der Waals surface area (Å²) in [5, 5.41) is 0. The molecule has 0 N–H and O–H groups in total. The summed E-state index contributed by atoms with van der Waals surface area (Å²) >= 11 is 0. The van der Waals surface area contributed by atoms with E-state index in [2.05, 4.69) is 4.98 Å². The topological polar surface area (TPSA) is 51.7 Å². The Hall–Kier alpha value is -1.69. The second-order valence-electron chi connectivity index (χ2n) is 6.53. The molecule has 3 heterocycles. The molecule has 1 atom stereocenters. The van der Waals surface area contributed by atoms with E-state index < -0.39 is 5.67 Å². The summed E-state index contributed by atoms with van der Waals surface area (Å²) in [5.74, 6) is 0.601. The van der Waals surface area contributed by atoms with Crippen LogP contribution in [0.4, 0.5) is 4.39 Å². The van der Waals surface area contributed by atoms with E-state index in [1.54, 1.807) is 17.3 Å². The highest BCUT2D eigenvalue weighted by Crippen LogP contribution is 2.46. The minimum Gasteiger partial charge on any atom is -0.492 e. The Morgan fingerprint density at radius 2 is 2.32 bits per heavy atom. The van der Waals surface area contributed by atoms with Crippen LogP contribution in [0, 0.1) is 5.92 Å². The van der Waals surface area contributed by atoms with Gasteiger partial charge in [-0.2, -0.15) is 0 Å². The maximum Gasteiger partial charge on any atom is 0.260 e. The maximum absolute atomic E-state index is 13.8. The molecule has 0 unspecified atom stereocenters. The molecule has 118 valence electrons. The van der Waals surface area contributed by atoms with Gasteiger partial charge in [-0.25, -0.2) is 4.39 Å². The zero-order valence-electron chi connectivity index (χ0n) is 12.3. The number of ether oxygens (including phenoxy) is 2. The Morgan fingerprint density at radius 1 is 1.50 bits per heavy atom. The van der Waals surface area contributed by atoms with Gasteiger partial charge < -0.3 is 14.4 Å². The van der Waals surface area contributed by atoms with Crippen LogP contribution in [0.25, 0.3) is 0 Å². The Labute approximate surface area is 128 Å². The molecule has 5 nitrogen and oxygen atoms in total. The second-order valence-corrected chi connectivity index (χ2v) is 6.53. The maximum atomic E-state index is 13.8. The average Bonchev–Trinajstić information content (AvgIpc) is 3.11. The first-order valence-corrected chi connectivity index (χ1v) is 7.76. The third-order valence-electron chi connectivity index (χ3n) is 4.96. The third-order valence-corrected chi connectivity index (χ3v) is 4.96. The number of nitrogens with zero attached hydrogens (tertiary/aromatic N) is 2. The SMILES string of the molecule is O=C(N1CC2(C1)OCC[C@@H]2COc1cccnc1)C1(F)CC1. The zero-order chi connectivity index (χ0) is 15.2. The fourth-order valence-electron chi connectivity index (χ4n) is 3.35. The highest BCUT2D eigenvalue weighted by atomic mass is 19.1. The third kappa shape index (κ3) is 2.26. The normalized spacial score (nSPS) is 27.5. The van der Waals surface area contributed by atoms with E-state index in [1.165, 1.54) is 0 Å². The number of rotatable bonds is 4. The number of hydrogen-bond donors (Lipinski definition) is 0. The smallest absolute Gasteiger partial charge is 0.260 e. The van der Waals surface area contributed by atoms with E-state index in [0.29, 0.717) is 39.1 Å². The number of pyridine rings is 1. The van der Waals surface area contributed by atoms with Crippen molar-refractivity contribution in [1.82, 2.24) is 9.88 Å². The number of carbonyl (C=O) groups excluding carboxylic acids is 1. The number of halogens is 1. The van der Waals surface area contributed by atoms with Crippen LogP contribution in [0.15, 0.2) is 24.5 Å². The van der Waals surface area contributed by atoms with Crippen molar-refractivity contribution in [1.29, 1.82) is 0 Å². The molecule has 0 radical (unpaired) electrons. The molecular weight excluding hydrogens is 287 g/mol. The molecule has 1 saturated carbocycles. The standard InChI is InChI=1S/C16H19FN2O3/c17-15(4-5-15)14(20)19-10-16(11-19)12(3-7-22-16)9-21-13-2-1-6-18-8-13/h1-2,6,8,12H,3-5,7,9-11H2/t12-/m1/s1. The Balaban J connectivity index is 1.35. The first kappa shape index (κ1) is 13.9. The van der Waals surface area contributed by atoms with Crippen molar-refractivity contribution in [3.05, 3.63) is 24.5 Å². The predicted octanol–water partition coefficient (Wildman–Crippen LogP) is 1.58. The Bertz CT molecular complexity index is 570. The first-order chi connectivity index (χ1) is 10.6. The fraction of sp³-hybridized carbons (Fsp3) is 0.625. The number of hydrogen-bond acceptors (Lipinski definition) is 4. The molecule has 0 bridgehead atoms. The van der Waals surface area contributed by atoms with E-state index in [4.69, 9.17) is 9.47 Å². The van der Waals surface area contributed by atoms with Crippen LogP contribution in [0.3, 0.4) is 0 Å². The first-order valence-electron chi connectivity index (χ1n) is 7.76. The molecule has 0 aromatic carbocycles. The second kappa shape index (κ2) is 4.91. The van der Waals surface area contributed by atoms with Crippen LogP contribution in [-0.2, 0) is 9.53 Å². The van der Waals surface area contributed by atoms with Crippen molar-refractivity contribution in [3.8, 4) is 5.75 Å². The zero-order valence-corrected chi connectivity index (χ0v) is 12.3. The van der Waals surface area contributed by atoms with E-state index in [1.807, 2.05) is 12.1 Å². The van der Waals surface area contributed by atoms with Crippen LogP contribution < -0.4 is 4.74 Å². The van der Waals surface area contributed by atoms with Gasteiger partial charge in [0.05, 0.1) is 25.9 Å². The molecule has 6 heteroatoms. The van der Waals surface area contributed by atoms with Gasteiger partial charge in [-0.1, -0.05) is 0 Å². The highest BCUT2D eigenvalue weighted by Gasteiger charge is 2.60. The van der Waals surface area contributed by atoms with Gasteiger partial charge in [0.2, 0.25) is 0 Å². The lowest BCUT2D eigenvalue weighted by Gasteiger charge is -2.50.